The van der Waals surface area contributed by atoms with E-state index < -0.39 is 40.0 Å². The molecular formula is C17H19N3O6S2. The first-order valence-corrected chi connectivity index (χ1v) is 10.4. The van der Waals surface area contributed by atoms with Crippen LogP contribution in [0.2, 0.25) is 0 Å². The fourth-order valence-electron chi connectivity index (χ4n) is 2.23. The van der Waals surface area contributed by atoms with Crippen LogP contribution in [0.3, 0.4) is 0 Å². The summed E-state index contributed by atoms with van der Waals surface area (Å²) in [5.41, 5.74) is 4.84. The highest BCUT2D eigenvalue weighted by atomic mass is 32.2. The van der Waals surface area contributed by atoms with Gasteiger partial charge in [0.25, 0.3) is 15.9 Å². The highest BCUT2D eigenvalue weighted by Gasteiger charge is 2.29. The SMILES string of the molecule is CC(C)C(OC(=O)c1ccccc1NS(=O)(=O)c1cccs1)C(=O)NC(N)=O. The smallest absolute Gasteiger partial charge is 0.341 e. The molecule has 0 saturated heterocycles. The minimum Gasteiger partial charge on any atom is -0.448 e. The molecule has 9 nitrogen and oxygen atoms in total. The summed E-state index contributed by atoms with van der Waals surface area (Å²) in [5.74, 6) is -2.26. The number of nitrogens with two attached hydrogens (primary N) is 1. The summed E-state index contributed by atoms with van der Waals surface area (Å²) >= 11 is 1.02. The molecule has 1 aromatic heterocycles. The lowest BCUT2D eigenvalue weighted by molar-refractivity contribution is -0.130. The quantitative estimate of drug-likeness (QED) is 0.578. The molecule has 1 unspecified atom stereocenters. The van der Waals surface area contributed by atoms with Gasteiger partial charge in [-0.3, -0.25) is 14.8 Å². The molecule has 28 heavy (non-hydrogen) atoms. The fraction of sp³-hybridized carbons (Fsp3) is 0.235. The molecule has 0 spiro atoms. The van der Waals surface area contributed by atoms with Gasteiger partial charge >= 0.3 is 12.0 Å². The summed E-state index contributed by atoms with van der Waals surface area (Å²) in [5, 5.41) is 3.48. The van der Waals surface area contributed by atoms with E-state index in [-0.39, 0.29) is 15.5 Å². The van der Waals surface area contributed by atoms with Gasteiger partial charge in [-0.05, 0) is 29.5 Å². The van der Waals surface area contributed by atoms with Crippen molar-refractivity contribution in [2.45, 2.75) is 24.2 Å². The maximum absolute atomic E-state index is 12.6. The second-order valence-electron chi connectivity index (χ2n) is 6.01. The Hall–Kier alpha value is -2.92. The first-order chi connectivity index (χ1) is 13.1. The lowest BCUT2D eigenvalue weighted by Gasteiger charge is -2.20. The molecule has 11 heteroatoms. The summed E-state index contributed by atoms with van der Waals surface area (Å²) in [7, 11) is -3.88. The summed E-state index contributed by atoms with van der Waals surface area (Å²) in [6.07, 6.45) is -1.29. The number of anilines is 1. The molecular weight excluding hydrogens is 406 g/mol. The van der Waals surface area contributed by atoms with Crippen molar-refractivity contribution >= 4 is 45.0 Å². The summed E-state index contributed by atoms with van der Waals surface area (Å²) in [6, 6.07) is 7.76. The molecule has 4 N–H and O–H groups in total. The number of carbonyl (C=O) groups is 3. The van der Waals surface area contributed by atoms with Gasteiger partial charge in [-0.2, -0.15) is 0 Å². The zero-order valence-electron chi connectivity index (χ0n) is 15.0. The fourth-order valence-corrected chi connectivity index (χ4v) is 4.30. The lowest BCUT2D eigenvalue weighted by atomic mass is 10.1. The van der Waals surface area contributed by atoms with E-state index in [4.69, 9.17) is 10.5 Å². The number of imide groups is 1. The number of carbonyl (C=O) groups excluding carboxylic acids is 3. The van der Waals surface area contributed by atoms with Crippen LogP contribution in [0.4, 0.5) is 10.5 Å². The van der Waals surface area contributed by atoms with E-state index in [1.54, 1.807) is 31.4 Å². The third-order valence-electron chi connectivity index (χ3n) is 3.50. The number of ether oxygens (including phenoxy) is 1. The normalized spacial score (nSPS) is 12.2. The van der Waals surface area contributed by atoms with Crippen LogP contribution in [0.5, 0.6) is 0 Å². The van der Waals surface area contributed by atoms with E-state index in [2.05, 4.69) is 4.72 Å². The second-order valence-corrected chi connectivity index (χ2v) is 8.86. The number of thiophene rings is 1. The van der Waals surface area contributed by atoms with Gasteiger partial charge in [-0.15, -0.1) is 11.3 Å². The Balaban J connectivity index is 2.26. The molecule has 0 radical (unpaired) electrons. The molecule has 150 valence electrons. The van der Waals surface area contributed by atoms with Crippen LogP contribution < -0.4 is 15.8 Å². The second kappa shape index (κ2) is 8.85. The zero-order chi connectivity index (χ0) is 20.9. The first kappa shape index (κ1) is 21.4. The monoisotopic (exact) mass is 425 g/mol. The number of hydrogen-bond acceptors (Lipinski definition) is 7. The molecule has 0 aliphatic rings. The number of urea groups is 1. The maximum atomic E-state index is 12.6. The van der Waals surface area contributed by atoms with Crippen LogP contribution in [0.15, 0.2) is 46.0 Å². The highest BCUT2D eigenvalue weighted by molar-refractivity contribution is 7.94. The maximum Gasteiger partial charge on any atom is 0.341 e. The third-order valence-corrected chi connectivity index (χ3v) is 6.26. The molecule has 0 fully saturated rings. The number of nitrogens with one attached hydrogen (secondary N) is 2. The largest absolute Gasteiger partial charge is 0.448 e. The van der Waals surface area contributed by atoms with Crippen LogP contribution >= 0.6 is 11.3 Å². The number of hydrogen-bond donors (Lipinski definition) is 3. The zero-order valence-corrected chi connectivity index (χ0v) is 16.7. The van der Waals surface area contributed by atoms with Crippen LogP contribution in [0, 0.1) is 5.92 Å². The minimum atomic E-state index is -3.88. The Morgan fingerprint density at radius 2 is 1.79 bits per heavy atom. The van der Waals surface area contributed by atoms with Crippen molar-refractivity contribution in [3.63, 3.8) is 0 Å². The summed E-state index contributed by atoms with van der Waals surface area (Å²) in [6.45, 7) is 3.23. The molecule has 1 atom stereocenters. The van der Waals surface area contributed by atoms with Crippen LogP contribution in [0.1, 0.15) is 24.2 Å². The topological polar surface area (TPSA) is 145 Å². The van der Waals surface area contributed by atoms with Crippen molar-refractivity contribution in [2.24, 2.45) is 11.7 Å². The van der Waals surface area contributed by atoms with Gasteiger partial charge in [0.2, 0.25) is 0 Å². The first-order valence-electron chi connectivity index (χ1n) is 8.08. The Morgan fingerprint density at radius 1 is 1.11 bits per heavy atom. The number of rotatable bonds is 7. The number of benzene rings is 1. The average Bonchev–Trinajstić information content (AvgIpc) is 3.14. The van der Waals surface area contributed by atoms with Crippen LogP contribution in [-0.2, 0) is 19.6 Å². The van der Waals surface area contributed by atoms with Crippen molar-refractivity contribution in [3.05, 3.63) is 47.3 Å². The molecule has 0 aliphatic heterocycles. The van der Waals surface area contributed by atoms with Crippen molar-refractivity contribution in [1.29, 1.82) is 0 Å². The minimum absolute atomic E-state index is 0.00119. The molecule has 0 saturated carbocycles. The van der Waals surface area contributed by atoms with Gasteiger partial charge in [-0.25, -0.2) is 18.0 Å². The van der Waals surface area contributed by atoms with Crippen LogP contribution in [0.25, 0.3) is 0 Å². The van der Waals surface area contributed by atoms with Gasteiger partial charge in [0.05, 0.1) is 11.3 Å². The Kier molecular flexibility index (Phi) is 6.75. The Bertz CT molecular complexity index is 971. The van der Waals surface area contributed by atoms with Gasteiger partial charge in [0.15, 0.2) is 6.10 Å². The summed E-state index contributed by atoms with van der Waals surface area (Å²) < 4.78 is 32.5. The summed E-state index contributed by atoms with van der Waals surface area (Å²) in [4.78, 5) is 35.5. The van der Waals surface area contributed by atoms with E-state index in [9.17, 15) is 22.8 Å². The number of para-hydroxylation sites is 1. The van der Waals surface area contributed by atoms with E-state index in [0.29, 0.717) is 0 Å². The molecule has 0 bridgehead atoms. The van der Waals surface area contributed by atoms with E-state index in [0.717, 1.165) is 11.3 Å². The lowest BCUT2D eigenvalue weighted by Crippen LogP contribution is -2.45. The Labute approximate surface area is 165 Å². The van der Waals surface area contributed by atoms with E-state index in [1.807, 2.05) is 5.32 Å². The molecule has 3 amide bonds. The number of esters is 1. The van der Waals surface area contributed by atoms with Crippen molar-refractivity contribution < 1.29 is 27.5 Å². The van der Waals surface area contributed by atoms with Crippen LogP contribution in [-0.4, -0.2) is 32.4 Å². The third kappa shape index (κ3) is 5.30. The van der Waals surface area contributed by atoms with Crippen molar-refractivity contribution in [2.75, 3.05) is 4.72 Å². The van der Waals surface area contributed by atoms with Crippen molar-refractivity contribution in [1.82, 2.24) is 5.32 Å². The van der Waals surface area contributed by atoms with E-state index >= 15 is 0 Å². The average molecular weight is 425 g/mol. The predicted molar refractivity (Wildman–Crippen MR) is 103 cm³/mol. The van der Waals surface area contributed by atoms with Gasteiger partial charge < -0.3 is 10.5 Å². The molecule has 0 aliphatic carbocycles. The van der Waals surface area contributed by atoms with E-state index in [1.165, 1.54) is 24.3 Å². The highest BCUT2D eigenvalue weighted by Crippen LogP contribution is 2.24. The molecule has 1 heterocycles. The Morgan fingerprint density at radius 3 is 2.36 bits per heavy atom. The standard InChI is InChI=1S/C17H19N3O6S2/c1-10(2)14(15(21)19-17(18)23)26-16(22)11-6-3-4-7-12(11)20-28(24,25)13-8-5-9-27-13/h3-10,14,20H,1-2H3,(H3,18,19,21,23). The van der Waals surface area contributed by atoms with Crippen molar-refractivity contribution in [3.8, 4) is 0 Å². The van der Waals surface area contributed by atoms with Gasteiger partial charge in [0, 0.05) is 0 Å². The molecule has 2 aromatic rings. The number of amides is 3. The molecule has 1 aromatic carbocycles. The number of sulfonamides is 1. The van der Waals surface area contributed by atoms with Gasteiger partial charge in [-0.1, -0.05) is 32.0 Å². The number of primary amides is 1. The molecule has 2 rings (SSSR count). The van der Waals surface area contributed by atoms with Gasteiger partial charge in [0.1, 0.15) is 4.21 Å². The predicted octanol–water partition coefficient (Wildman–Crippen LogP) is 1.93.